The van der Waals surface area contributed by atoms with Gasteiger partial charge in [0.25, 0.3) is 0 Å². The molecule has 0 amide bonds. The zero-order valence-corrected chi connectivity index (χ0v) is 14.5. The number of allylic oxidation sites excluding steroid dienone is 2. The molecule has 2 aromatic rings. The number of hydrogen-bond donors (Lipinski definition) is 1. The summed E-state index contributed by atoms with van der Waals surface area (Å²) in [7, 11) is 0. The molecule has 4 rings (SSSR count). The maximum absolute atomic E-state index is 6.48. The summed E-state index contributed by atoms with van der Waals surface area (Å²) in [6.45, 7) is 2.18. The van der Waals surface area contributed by atoms with Gasteiger partial charge in [0.05, 0.1) is 21.8 Å². The molecule has 2 aliphatic rings. The lowest BCUT2D eigenvalue weighted by atomic mass is 9.77. The van der Waals surface area contributed by atoms with E-state index in [0.717, 1.165) is 18.5 Å². The molecule has 118 valence electrons. The molecule has 0 aromatic heterocycles. The molecule has 0 saturated heterocycles. The van der Waals surface area contributed by atoms with Crippen LogP contribution in [0.1, 0.15) is 42.0 Å². The third kappa shape index (κ3) is 2.47. The number of nitrogens with one attached hydrogen (secondary N) is 1. The van der Waals surface area contributed by atoms with E-state index in [1.54, 1.807) is 0 Å². The second kappa shape index (κ2) is 5.89. The van der Waals surface area contributed by atoms with E-state index in [4.69, 9.17) is 23.2 Å². The van der Waals surface area contributed by atoms with E-state index in [1.165, 1.54) is 16.7 Å². The van der Waals surface area contributed by atoms with Crippen molar-refractivity contribution in [3.63, 3.8) is 0 Å². The van der Waals surface area contributed by atoms with Gasteiger partial charge in [-0.3, -0.25) is 0 Å². The molecule has 1 aliphatic carbocycles. The fraction of sp³-hybridized carbons (Fsp3) is 0.300. The quantitative estimate of drug-likeness (QED) is 0.623. The summed E-state index contributed by atoms with van der Waals surface area (Å²) in [5.74, 6) is 0.948. The molecule has 0 unspecified atom stereocenters. The Morgan fingerprint density at radius 1 is 1.09 bits per heavy atom. The van der Waals surface area contributed by atoms with Gasteiger partial charge in [-0.2, -0.15) is 0 Å². The molecule has 1 heterocycles. The van der Waals surface area contributed by atoms with Crippen molar-refractivity contribution in [2.24, 2.45) is 5.92 Å². The highest BCUT2D eigenvalue weighted by molar-refractivity contribution is 6.43. The standard InChI is InChI=1S/C20H19Cl2N/c1-2-12-6-8-13(9-7-12)19-15-5-3-4-14(15)16-10-11-17(21)18(22)20(16)23-19/h3-4,6-11,14-15,19,23H,2,5H2,1H3/t14-,15+,19-/m0/s1. The van der Waals surface area contributed by atoms with Crippen molar-refractivity contribution >= 4 is 28.9 Å². The van der Waals surface area contributed by atoms with Gasteiger partial charge in [-0.25, -0.2) is 0 Å². The Morgan fingerprint density at radius 2 is 1.87 bits per heavy atom. The third-order valence-corrected chi connectivity index (χ3v) is 5.98. The first-order valence-corrected chi connectivity index (χ1v) is 8.94. The lowest BCUT2D eigenvalue weighted by Crippen LogP contribution is -2.29. The topological polar surface area (TPSA) is 12.0 Å². The van der Waals surface area contributed by atoms with Crippen LogP contribution >= 0.6 is 23.2 Å². The van der Waals surface area contributed by atoms with E-state index in [0.29, 0.717) is 21.9 Å². The fourth-order valence-electron chi connectivity index (χ4n) is 3.89. The largest absolute Gasteiger partial charge is 0.376 e. The van der Waals surface area contributed by atoms with Gasteiger partial charge in [0.2, 0.25) is 0 Å². The van der Waals surface area contributed by atoms with Crippen molar-refractivity contribution in [1.82, 2.24) is 0 Å². The molecule has 0 saturated carbocycles. The Kier molecular flexibility index (Phi) is 3.87. The molecular formula is C20H19Cl2N. The van der Waals surface area contributed by atoms with Crippen molar-refractivity contribution in [3.05, 3.63) is 75.3 Å². The molecule has 0 fully saturated rings. The van der Waals surface area contributed by atoms with Crippen LogP contribution in [0.3, 0.4) is 0 Å². The number of halogens is 2. The zero-order chi connectivity index (χ0) is 16.0. The van der Waals surface area contributed by atoms with Gasteiger partial charge < -0.3 is 5.32 Å². The van der Waals surface area contributed by atoms with Gasteiger partial charge in [-0.05, 0) is 41.5 Å². The fourth-order valence-corrected chi connectivity index (χ4v) is 4.28. The highest BCUT2D eigenvalue weighted by atomic mass is 35.5. The summed E-state index contributed by atoms with van der Waals surface area (Å²) in [5.41, 5.74) is 4.95. The van der Waals surface area contributed by atoms with Crippen LogP contribution in [0.2, 0.25) is 10.0 Å². The lowest BCUT2D eigenvalue weighted by Gasteiger charge is -2.38. The predicted molar refractivity (Wildman–Crippen MR) is 98.6 cm³/mol. The minimum absolute atomic E-state index is 0.268. The first kappa shape index (κ1) is 15.1. The zero-order valence-electron chi connectivity index (χ0n) is 13.0. The van der Waals surface area contributed by atoms with Gasteiger partial charge in [-0.15, -0.1) is 0 Å². The van der Waals surface area contributed by atoms with Gasteiger partial charge in [-0.1, -0.05) is 72.6 Å². The van der Waals surface area contributed by atoms with E-state index in [-0.39, 0.29) is 6.04 Å². The number of benzene rings is 2. The van der Waals surface area contributed by atoms with E-state index >= 15 is 0 Å². The second-order valence-electron chi connectivity index (χ2n) is 6.40. The van der Waals surface area contributed by atoms with Crippen LogP contribution in [0, 0.1) is 5.92 Å². The molecule has 1 N–H and O–H groups in total. The van der Waals surface area contributed by atoms with Crippen LogP contribution in [0.25, 0.3) is 0 Å². The summed E-state index contributed by atoms with van der Waals surface area (Å²) in [6, 6.07) is 13.2. The molecule has 0 spiro atoms. The summed E-state index contributed by atoms with van der Waals surface area (Å²) in [4.78, 5) is 0. The smallest absolute Gasteiger partial charge is 0.0826 e. The normalized spacial score (nSPS) is 24.9. The summed E-state index contributed by atoms with van der Waals surface area (Å²) >= 11 is 12.7. The average Bonchev–Trinajstić information content (AvgIpc) is 3.07. The Hall–Kier alpha value is -1.44. The third-order valence-electron chi connectivity index (χ3n) is 5.17. The van der Waals surface area contributed by atoms with E-state index < -0.39 is 0 Å². The minimum Gasteiger partial charge on any atom is -0.376 e. The molecule has 0 radical (unpaired) electrons. The molecule has 1 nitrogen and oxygen atoms in total. The van der Waals surface area contributed by atoms with Crippen LogP contribution in [0.5, 0.6) is 0 Å². The minimum atomic E-state index is 0.268. The van der Waals surface area contributed by atoms with Crippen molar-refractivity contribution in [1.29, 1.82) is 0 Å². The van der Waals surface area contributed by atoms with Crippen LogP contribution < -0.4 is 5.32 Å². The number of fused-ring (bicyclic) bond motifs is 3. The van der Waals surface area contributed by atoms with E-state index in [2.05, 4.69) is 54.7 Å². The molecule has 0 bridgehead atoms. The molecule has 3 atom stereocenters. The molecule has 1 aliphatic heterocycles. The molecule has 3 heteroatoms. The number of hydrogen-bond acceptors (Lipinski definition) is 1. The maximum atomic E-state index is 6.48. The highest BCUT2D eigenvalue weighted by Gasteiger charge is 2.38. The summed E-state index contributed by atoms with van der Waals surface area (Å²) < 4.78 is 0. The molecular weight excluding hydrogens is 325 g/mol. The summed E-state index contributed by atoms with van der Waals surface area (Å²) in [6.07, 6.45) is 6.78. The van der Waals surface area contributed by atoms with Crippen LogP contribution in [0.4, 0.5) is 5.69 Å². The van der Waals surface area contributed by atoms with Crippen LogP contribution in [-0.4, -0.2) is 0 Å². The van der Waals surface area contributed by atoms with Gasteiger partial charge in [0.15, 0.2) is 0 Å². The van der Waals surface area contributed by atoms with Crippen molar-refractivity contribution in [2.45, 2.75) is 31.7 Å². The first-order valence-electron chi connectivity index (χ1n) is 8.19. The monoisotopic (exact) mass is 343 g/mol. The average molecular weight is 344 g/mol. The Morgan fingerprint density at radius 3 is 2.61 bits per heavy atom. The van der Waals surface area contributed by atoms with Crippen LogP contribution in [0.15, 0.2) is 48.6 Å². The second-order valence-corrected chi connectivity index (χ2v) is 7.18. The Labute approximate surface area is 147 Å². The van der Waals surface area contributed by atoms with Gasteiger partial charge in [0, 0.05) is 5.92 Å². The Balaban J connectivity index is 1.78. The van der Waals surface area contributed by atoms with Crippen LogP contribution in [-0.2, 0) is 6.42 Å². The first-order chi connectivity index (χ1) is 11.2. The number of anilines is 1. The van der Waals surface area contributed by atoms with Crippen molar-refractivity contribution in [2.75, 3.05) is 5.32 Å². The summed E-state index contributed by atoms with van der Waals surface area (Å²) in [5, 5.41) is 4.92. The molecule has 23 heavy (non-hydrogen) atoms. The van der Waals surface area contributed by atoms with Crippen molar-refractivity contribution < 1.29 is 0 Å². The number of aryl methyl sites for hydroxylation is 1. The SMILES string of the molecule is CCc1ccc([C@@H]2Nc3c(ccc(Cl)c3Cl)[C@H]3C=CC[C@H]32)cc1. The lowest BCUT2D eigenvalue weighted by molar-refractivity contribution is 0.425. The maximum Gasteiger partial charge on any atom is 0.0826 e. The van der Waals surface area contributed by atoms with Gasteiger partial charge in [0.1, 0.15) is 0 Å². The van der Waals surface area contributed by atoms with E-state index in [1.807, 2.05) is 6.07 Å². The number of rotatable bonds is 2. The Bertz CT molecular complexity index is 764. The molecule has 2 aromatic carbocycles. The van der Waals surface area contributed by atoms with Crippen molar-refractivity contribution in [3.8, 4) is 0 Å². The van der Waals surface area contributed by atoms with E-state index in [9.17, 15) is 0 Å². The highest BCUT2D eigenvalue weighted by Crippen LogP contribution is 2.52. The predicted octanol–water partition coefficient (Wildman–Crippen LogP) is 6.38. The van der Waals surface area contributed by atoms with Gasteiger partial charge >= 0.3 is 0 Å².